The zero-order chi connectivity index (χ0) is 15.2. The Morgan fingerprint density at radius 3 is 2.64 bits per heavy atom. The maximum atomic E-state index is 12.4. The largest absolute Gasteiger partial charge is 0.376 e. The van der Waals surface area contributed by atoms with Gasteiger partial charge >= 0.3 is 0 Å². The molecule has 0 saturated carbocycles. The number of benzene rings is 1. The Hall–Kier alpha value is -1.10. The van der Waals surface area contributed by atoms with Crippen molar-refractivity contribution in [2.75, 3.05) is 19.7 Å². The van der Waals surface area contributed by atoms with Gasteiger partial charge in [-0.15, -0.1) is 12.4 Å². The second-order valence-corrected chi connectivity index (χ2v) is 6.12. The lowest BCUT2D eigenvalue weighted by Crippen LogP contribution is -2.30. The minimum absolute atomic E-state index is 0. The topological polar surface area (TPSA) is 55.6 Å². The van der Waals surface area contributed by atoms with Crippen LogP contribution in [0.15, 0.2) is 24.3 Å². The molecule has 1 atom stereocenters. The third-order valence-electron chi connectivity index (χ3n) is 3.92. The van der Waals surface area contributed by atoms with Crippen molar-refractivity contribution < 1.29 is 9.53 Å². The van der Waals surface area contributed by atoms with Crippen molar-refractivity contribution in [1.82, 2.24) is 4.90 Å². The van der Waals surface area contributed by atoms with Crippen LogP contribution in [-0.4, -0.2) is 36.6 Å². The van der Waals surface area contributed by atoms with Gasteiger partial charge in [0.25, 0.3) is 5.91 Å². The molecule has 1 unspecified atom stereocenters. The highest BCUT2D eigenvalue weighted by Gasteiger charge is 2.27. The van der Waals surface area contributed by atoms with Gasteiger partial charge in [-0.05, 0) is 36.5 Å². The molecule has 124 valence electrons. The number of hydrogen-bond donors (Lipinski definition) is 1. The minimum atomic E-state index is 0. The number of likely N-dealkylation sites (tertiary alicyclic amines) is 1. The highest BCUT2D eigenvalue weighted by atomic mass is 35.5. The van der Waals surface area contributed by atoms with Crippen molar-refractivity contribution in [2.45, 2.75) is 39.3 Å². The van der Waals surface area contributed by atoms with Crippen molar-refractivity contribution in [3.63, 3.8) is 0 Å². The summed E-state index contributed by atoms with van der Waals surface area (Å²) in [5.41, 5.74) is 7.35. The Bertz CT molecular complexity index is 462. The number of ether oxygens (including phenoxy) is 1. The molecule has 5 heteroatoms. The smallest absolute Gasteiger partial charge is 0.253 e. The number of nitrogens with zero attached hydrogens (tertiary/aromatic N) is 1. The van der Waals surface area contributed by atoms with Crippen molar-refractivity contribution in [1.29, 1.82) is 0 Å². The van der Waals surface area contributed by atoms with Crippen LogP contribution in [0, 0.1) is 5.92 Å². The number of carbonyl (C=O) groups excluding carboxylic acids is 1. The Balaban J connectivity index is 0.00000242. The van der Waals surface area contributed by atoms with Crippen LogP contribution < -0.4 is 5.73 Å². The summed E-state index contributed by atoms with van der Waals surface area (Å²) >= 11 is 0. The fourth-order valence-corrected chi connectivity index (χ4v) is 2.49. The van der Waals surface area contributed by atoms with Gasteiger partial charge in [-0.3, -0.25) is 4.79 Å². The maximum absolute atomic E-state index is 12.4. The molecule has 1 heterocycles. The number of carbonyl (C=O) groups is 1. The quantitative estimate of drug-likeness (QED) is 0.874. The molecule has 1 saturated heterocycles. The third kappa shape index (κ3) is 5.27. The summed E-state index contributed by atoms with van der Waals surface area (Å²) in [4.78, 5) is 14.3. The van der Waals surface area contributed by atoms with Crippen molar-refractivity contribution in [3.05, 3.63) is 35.4 Å². The van der Waals surface area contributed by atoms with Crippen LogP contribution in [0.5, 0.6) is 0 Å². The van der Waals surface area contributed by atoms with E-state index in [9.17, 15) is 4.79 Å². The van der Waals surface area contributed by atoms with Crippen LogP contribution in [0.2, 0.25) is 0 Å². The molecule has 1 fully saturated rings. The van der Waals surface area contributed by atoms with E-state index in [1.807, 2.05) is 29.2 Å². The predicted molar refractivity (Wildman–Crippen MR) is 91.3 cm³/mol. The van der Waals surface area contributed by atoms with Crippen LogP contribution in [0.3, 0.4) is 0 Å². The van der Waals surface area contributed by atoms with Crippen LogP contribution in [0.25, 0.3) is 0 Å². The Kier molecular flexibility index (Phi) is 7.87. The number of nitrogens with two attached hydrogens (primary N) is 1. The van der Waals surface area contributed by atoms with E-state index in [1.165, 1.54) is 0 Å². The summed E-state index contributed by atoms with van der Waals surface area (Å²) in [6.45, 7) is 7.16. The molecule has 1 aliphatic heterocycles. The molecule has 0 aromatic heterocycles. The van der Waals surface area contributed by atoms with Crippen LogP contribution in [-0.2, 0) is 11.3 Å². The first-order chi connectivity index (χ1) is 10.1. The van der Waals surface area contributed by atoms with E-state index in [-0.39, 0.29) is 24.4 Å². The zero-order valence-corrected chi connectivity index (χ0v) is 14.3. The summed E-state index contributed by atoms with van der Waals surface area (Å²) in [5.74, 6) is 0.749. The number of rotatable bonds is 6. The first-order valence-corrected chi connectivity index (χ1v) is 7.80. The monoisotopic (exact) mass is 326 g/mol. The van der Waals surface area contributed by atoms with Crippen LogP contribution in [0.1, 0.15) is 42.6 Å². The maximum Gasteiger partial charge on any atom is 0.253 e. The Morgan fingerprint density at radius 1 is 1.36 bits per heavy atom. The standard InChI is InChI=1S/C17H26N2O2.ClH/c1-13(2)8-10-21-16-7-9-19(12-16)17(20)15-5-3-14(11-18)4-6-15;/h3-6,13,16H,7-12,18H2,1-2H3;1H. The SMILES string of the molecule is CC(C)CCOC1CCN(C(=O)c2ccc(CN)cc2)C1.Cl. The molecule has 4 nitrogen and oxygen atoms in total. The first-order valence-electron chi connectivity index (χ1n) is 7.80. The molecule has 1 amide bonds. The fraction of sp³-hybridized carbons (Fsp3) is 0.588. The molecule has 2 N–H and O–H groups in total. The van der Waals surface area contributed by atoms with Crippen LogP contribution >= 0.6 is 12.4 Å². The van der Waals surface area contributed by atoms with Gasteiger partial charge in [-0.25, -0.2) is 0 Å². The highest BCUT2D eigenvalue weighted by Crippen LogP contribution is 2.17. The van der Waals surface area contributed by atoms with Gasteiger partial charge < -0.3 is 15.4 Å². The molecule has 0 spiro atoms. The molecule has 0 aliphatic carbocycles. The second kappa shape index (κ2) is 9.13. The first kappa shape index (κ1) is 18.9. The lowest BCUT2D eigenvalue weighted by molar-refractivity contribution is 0.0484. The van der Waals surface area contributed by atoms with E-state index in [0.29, 0.717) is 19.0 Å². The average Bonchev–Trinajstić information content (AvgIpc) is 2.95. The van der Waals surface area contributed by atoms with Crippen molar-refractivity contribution in [3.8, 4) is 0 Å². The number of amides is 1. The molecule has 2 rings (SSSR count). The van der Waals surface area contributed by atoms with Gasteiger partial charge in [0.05, 0.1) is 6.10 Å². The second-order valence-electron chi connectivity index (χ2n) is 6.12. The Morgan fingerprint density at radius 2 is 2.05 bits per heavy atom. The fourth-order valence-electron chi connectivity index (χ4n) is 2.49. The number of hydrogen-bond acceptors (Lipinski definition) is 3. The van der Waals surface area contributed by atoms with E-state index in [0.717, 1.165) is 37.1 Å². The lowest BCUT2D eigenvalue weighted by atomic mass is 10.1. The van der Waals surface area contributed by atoms with Gasteiger partial charge in [0.2, 0.25) is 0 Å². The van der Waals surface area contributed by atoms with E-state index in [2.05, 4.69) is 13.8 Å². The van der Waals surface area contributed by atoms with E-state index in [4.69, 9.17) is 10.5 Å². The van der Waals surface area contributed by atoms with Gasteiger partial charge in [0.15, 0.2) is 0 Å². The molecule has 1 aromatic carbocycles. The minimum Gasteiger partial charge on any atom is -0.376 e. The molecule has 22 heavy (non-hydrogen) atoms. The summed E-state index contributed by atoms with van der Waals surface area (Å²) in [7, 11) is 0. The van der Waals surface area contributed by atoms with Gasteiger partial charge in [0.1, 0.15) is 0 Å². The van der Waals surface area contributed by atoms with E-state index >= 15 is 0 Å². The zero-order valence-electron chi connectivity index (χ0n) is 13.5. The predicted octanol–water partition coefficient (Wildman–Crippen LogP) is 2.84. The molecule has 0 radical (unpaired) electrons. The van der Waals surface area contributed by atoms with E-state index in [1.54, 1.807) is 0 Å². The van der Waals surface area contributed by atoms with E-state index < -0.39 is 0 Å². The molecule has 1 aliphatic rings. The van der Waals surface area contributed by atoms with Gasteiger partial charge in [-0.2, -0.15) is 0 Å². The van der Waals surface area contributed by atoms with Gasteiger partial charge in [-0.1, -0.05) is 26.0 Å². The highest BCUT2D eigenvalue weighted by molar-refractivity contribution is 5.94. The normalized spacial score (nSPS) is 17.6. The van der Waals surface area contributed by atoms with Crippen molar-refractivity contribution in [2.24, 2.45) is 11.7 Å². The molecule has 0 bridgehead atoms. The summed E-state index contributed by atoms with van der Waals surface area (Å²) < 4.78 is 5.86. The summed E-state index contributed by atoms with van der Waals surface area (Å²) in [5, 5.41) is 0. The molecular weight excluding hydrogens is 300 g/mol. The average molecular weight is 327 g/mol. The summed E-state index contributed by atoms with van der Waals surface area (Å²) in [6, 6.07) is 7.55. The van der Waals surface area contributed by atoms with Crippen LogP contribution in [0.4, 0.5) is 0 Å². The number of halogens is 1. The summed E-state index contributed by atoms with van der Waals surface area (Å²) in [6.07, 6.45) is 2.20. The van der Waals surface area contributed by atoms with Gasteiger partial charge in [0, 0.05) is 31.8 Å². The third-order valence-corrected chi connectivity index (χ3v) is 3.92. The Labute approximate surface area is 139 Å². The lowest BCUT2D eigenvalue weighted by Gasteiger charge is -2.17. The van der Waals surface area contributed by atoms with Crippen molar-refractivity contribution >= 4 is 18.3 Å². The molecular formula is C17H27ClN2O2. The molecule has 1 aromatic rings.